The number of hydrogen-bond acceptors (Lipinski definition) is 3. The van der Waals surface area contributed by atoms with Gasteiger partial charge in [-0.25, -0.2) is 0 Å². The Kier molecular flexibility index (Phi) is 5.10. The average molecular weight is 269 g/mol. The lowest BCUT2D eigenvalue weighted by atomic mass is 10.1. The Balaban J connectivity index is 2.29. The van der Waals surface area contributed by atoms with Crippen molar-refractivity contribution in [3.8, 4) is 0 Å². The van der Waals surface area contributed by atoms with Gasteiger partial charge in [0.05, 0.1) is 12.2 Å². The van der Waals surface area contributed by atoms with Crippen molar-refractivity contribution in [1.82, 2.24) is 0 Å². The Morgan fingerprint density at radius 1 is 0.950 bits per heavy atom. The predicted molar refractivity (Wildman–Crippen MR) is 87.2 cm³/mol. The second-order valence-electron chi connectivity index (χ2n) is 5.22. The number of azo groups is 1. The van der Waals surface area contributed by atoms with Crippen LogP contribution in [0.2, 0.25) is 0 Å². The molecule has 3 heteroatoms. The van der Waals surface area contributed by atoms with Crippen LogP contribution in [0.4, 0.5) is 11.4 Å². The topological polar surface area (TPSA) is 28.0 Å². The third-order valence-corrected chi connectivity index (χ3v) is 3.40. The number of fused-ring (bicyclic) bond motifs is 1. The van der Waals surface area contributed by atoms with Crippen LogP contribution in [0, 0.1) is 0 Å². The van der Waals surface area contributed by atoms with Crippen molar-refractivity contribution in [2.45, 2.75) is 26.2 Å². The molecule has 0 aliphatic rings. The van der Waals surface area contributed by atoms with E-state index in [1.54, 1.807) is 0 Å². The van der Waals surface area contributed by atoms with E-state index in [4.69, 9.17) is 0 Å². The molecular formula is C17H23N3. The van der Waals surface area contributed by atoms with Gasteiger partial charge in [-0.1, -0.05) is 44.0 Å². The maximum atomic E-state index is 4.41. The van der Waals surface area contributed by atoms with E-state index in [-0.39, 0.29) is 0 Å². The van der Waals surface area contributed by atoms with Gasteiger partial charge in [-0.2, -0.15) is 10.2 Å². The van der Waals surface area contributed by atoms with Crippen LogP contribution in [0.25, 0.3) is 10.8 Å². The van der Waals surface area contributed by atoms with Crippen LogP contribution in [-0.4, -0.2) is 20.6 Å². The zero-order valence-corrected chi connectivity index (χ0v) is 12.6. The monoisotopic (exact) mass is 269 g/mol. The highest BCUT2D eigenvalue weighted by Crippen LogP contribution is 2.33. The summed E-state index contributed by atoms with van der Waals surface area (Å²) in [6.07, 6.45) is 3.56. The number of rotatable bonds is 6. The van der Waals surface area contributed by atoms with Crippen molar-refractivity contribution < 1.29 is 0 Å². The van der Waals surface area contributed by atoms with E-state index < -0.39 is 0 Å². The molecule has 0 atom stereocenters. The molecule has 0 amide bonds. The van der Waals surface area contributed by atoms with Gasteiger partial charge in [0, 0.05) is 30.6 Å². The van der Waals surface area contributed by atoms with Gasteiger partial charge in [0.1, 0.15) is 0 Å². The number of benzene rings is 2. The first-order chi connectivity index (χ1) is 9.74. The number of hydrogen-bond donors (Lipinski definition) is 0. The fourth-order valence-electron chi connectivity index (χ4n) is 2.30. The summed E-state index contributed by atoms with van der Waals surface area (Å²) in [5.74, 6) is 0. The van der Waals surface area contributed by atoms with Crippen molar-refractivity contribution in [3.05, 3.63) is 36.4 Å². The molecule has 0 aromatic heterocycles. The molecule has 0 radical (unpaired) electrons. The summed E-state index contributed by atoms with van der Waals surface area (Å²) in [6.45, 7) is 3.02. The van der Waals surface area contributed by atoms with Crippen LogP contribution < -0.4 is 4.90 Å². The molecule has 0 fully saturated rings. The number of anilines is 1. The molecule has 0 heterocycles. The van der Waals surface area contributed by atoms with Crippen LogP contribution >= 0.6 is 0 Å². The third kappa shape index (κ3) is 3.35. The fraction of sp³-hybridized carbons (Fsp3) is 0.412. The maximum absolute atomic E-state index is 4.41. The van der Waals surface area contributed by atoms with E-state index in [1.807, 2.05) is 0 Å². The Morgan fingerprint density at radius 3 is 2.40 bits per heavy atom. The summed E-state index contributed by atoms with van der Waals surface area (Å²) in [5.41, 5.74) is 2.17. The Labute approximate surface area is 121 Å². The van der Waals surface area contributed by atoms with Crippen LogP contribution in [-0.2, 0) is 0 Å². The quantitative estimate of drug-likeness (QED) is 0.524. The normalized spacial score (nSPS) is 11.3. The summed E-state index contributed by atoms with van der Waals surface area (Å²) in [5, 5.41) is 11.1. The van der Waals surface area contributed by atoms with E-state index in [1.165, 1.54) is 23.9 Å². The smallest absolute Gasteiger partial charge is 0.0932 e. The van der Waals surface area contributed by atoms with Gasteiger partial charge in [0.25, 0.3) is 0 Å². The molecule has 0 aliphatic heterocycles. The van der Waals surface area contributed by atoms with Gasteiger partial charge in [0.2, 0.25) is 0 Å². The molecule has 0 unspecified atom stereocenters. The fourth-order valence-corrected chi connectivity index (χ4v) is 2.30. The molecule has 0 aliphatic carbocycles. The Hall–Kier alpha value is -1.90. The summed E-state index contributed by atoms with van der Waals surface area (Å²) in [6, 6.07) is 12.5. The lowest BCUT2D eigenvalue weighted by Gasteiger charge is -2.16. The second-order valence-corrected chi connectivity index (χ2v) is 5.22. The van der Waals surface area contributed by atoms with Gasteiger partial charge in [0.15, 0.2) is 0 Å². The van der Waals surface area contributed by atoms with Gasteiger partial charge in [-0.3, -0.25) is 0 Å². The van der Waals surface area contributed by atoms with Gasteiger partial charge in [-0.05, 0) is 18.6 Å². The minimum Gasteiger partial charge on any atom is -0.377 e. The lowest BCUT2D eigenvalue weighted by Crippen LogP contribution is -2.08. The molecule has 2 aromatic rings. The highest BCUT2D eigenvalue weighted by atomic mass is 15.1. The largest absolute Gasteiger partial charge is 0.377 e. The first-order valence-corrected chi connectivity index (χ1v) is 7.30. The van der Waals surface area contributed by atoms with Crippen molar-refractivity contribution in [2.24, 2.45) is 10.2 Å². The molecule has 0 bridgehead atoms. The zero-order valence-electron chi connectivity index (χ0n) is 12.6. The second kappa shape index (κ2) is 7.04. The molecule has 20 heavy (non-hydrogen) atoms. The maximum Gasteiger partial charge on any atom is 0.0932 e. The van der Waals surface area contributed by atoms with Crippen LogP contribution in [0.1, 0.15) is 26.2 Å². The highest BCUT2D eigenvalue weighted by Gasteiger charge is 2.06. The Bertz CT molecular complexity index is 588. The number of unbranched alkanes of at least 4 members (excludes halogenated alkanes) is 2. The van der Waals surface area contributed by atoms with Gasteiger partial charge >= 0.3 is 0 Å². The van der Waals surface area contributed by atoms with Crippen molar-refractivity contribution in [2.75, 3.05) is 25.5 Å². The average Bonchev–Trinajstić information content (AvgIpc) is 2.46. The summed E-state index contributed by atoms with van der Waals surface area (Å²) in [4.78, 5) is 2.13. The summed E-state index contributed by atoms with van der Waals surface area (Å²) >= 11 is 0. The van der Waals surface area contributed by atoms with Crippen molar-refractivity contribution in [3.63, 3.8) is 0 Å². The van der Waals surface area contributed by atoms with E-state index in [0.29, 0.717) is 0 Å². The Morgan fingerprint density at radius 2 is 1.70 bits per heavy atom. The molecule has 0 N–H and O–H groups in total. The van der Waals surface area contributed by atoms with Gasteiger partial charge < -0.3 is 4.90 Å². The predicted octanol–water partition coefficient (Wildman–Crippen LogP) is 5.18. The molecule has 0 saturated heterocycles. The van der Waals surface area contributed by atoms with E-state index in [9.17, 15) is 0 Å². The van der Waals surface area contributed by atoms with Crippen LogP contribution in [0.15, 0.2) is 46.6 Å². The molecule has 106 valence electrons. The standard InChI is InChI=1S/C17H23N3/c1-4-5-8-13-18-19-16-11-12-17(20(2)3)15-10-7-6-9-14(15)16/h6-7,9-12H,4-5,8,13H2,1-3H3/b19-18+. The first kappa shape index (κ1) is 14.5. The van der Waals surface area contributed by atoms with Crippen LogP contribution in [0.3, 0.4) is 0 Å². The lowest BCUT2D eigenvalue weighted by molar-refractivity contribution is 0.713. The van der Waals surface area contributed by atoms with Gasteiger partial charge in [-0.15, -0.1) is 0 Å². The molecule has 0 saturated carbocycles. The summed E-state index contributed by atoms with van der Waals surface area (Å²) in [7, 11) is 4.13. The molecule has 2 aromatic carbocycles. The molecule has 3 nitrogen and oxygen atoms in total. The minimum atomic E-state index is 0.817. The van der Waals surface area contributed by atoms with E-state index in [2.05, 4.69) is 72.5 Å². The first-order valence-electron chi connectivity index (χ1n) is 7.30. The number of nitrogens with zero attached hydrogens (tertiary/aromatic N) is 3. The summed E-state index contributed by atoms with van der Waals surface area (Å²) < 4.78 is 0. The third-order valence-electron chi connectivity index (χ3n) is 3.40. The van der Waals surface area contributed by atoms with E-state index >= 15 is 0 Å². The zero-order chi connectivity index (χ0) is 14.4. The molecule has 0 spiro atoms. The van der Waals surface area contributed by atoms with Crippen molar-refractivity contribution >= 4 is 22.1 Å². The van der Waals surface area contributed by atoms with Crippen molar-refractivity contribution in [1.29, 1.82) is 0 Å². The highest BCUT2D eigenvalue weighted by molar-refractivity contribution is 6.00. The van der Waals surface area contributed by atoms with E-state index in [0.717, 1.165) is 24.0 Å². The molecular weight excluding hydrogens is 246 g/mol. The SMILES string of the molecule is CCCCC/N=N/c1ccc(N(C)C)c2ccccc12. The minimum absolute atomic E-state index is 0.817. The molecule has 2 rings (SSSR count). The van der Waals surface area contributed by atoms with Crippen LogP contribution in [0.5, 0.6) is 0 Å².